The van der Waals surface area contributed by atoms with Crippen molar-refractivity contribution >= 4 is 0 Å². The van der Waals surface area contributed by atoms with Gasteiger partial charge in [-0.2, -0.15) is 18.1 Å². The van der Waals surface area contributed by atoms with E-state index in [1.807, 2.05) is 0 Å². The van der Waals surface area contributed by atoms with E-state index in [0.717, 1.165) is 12.1 Å². The van der Waals surface area contributed by atoms with Crippen LogP contribution >= 0.6 is 0 Å². The predicted molar refractivity (Wildman–Crippen MR) is 56.9 cm³/mol. The van der Waals surface area contributed by atoms with Crippen molar-refractivity contribution in [2.24, 2.45) is 0 Å². The summed E-state index contributed by atoms with van der Waals surface area (Å²) >= 11 is 0. The monoisotopic (exact) mass is 265 g/mol. The van der Waals surface area contributed by atoms with E-state index in [9.17, 15) is 13.2 Å². The lowest BCUT2D eigenvalue weighted by molar-refractivity contribution is -0.512. The first-order valence-corrected chi connectivity index (χ1v) is 5.32. The molecule has 4 nitrogen and oxygen atoms in total. The Balaban J connectivity index is 2.27. The third-order valence-electron chi connectivity index (χ3n) is 1.99. The van der Waals surface area contributed by atoms with Crippen LogP contribution in [0.25, 0.3) is 0 Å². The minimum atomic E-state index is -4.31. The van der Waals surface area contributed by atoms with Gasteiger partial charge in [-0.1, -0.05) is 17.2 Å². The van der Waals surface area contributed by atoms with Gasteiger partial charge in [0.15, 0.2) is 0 Å². The Morgan fingerprint density at radius 3 is 2.33 bits per heavy atom. The van der Waals surface area contributed by atoms with Crippen LogP contribution in [-0.2, 0) is 27.5 Å². The predicted octanol–water partition coefficient (Wildman–Crippen LogP) is 2.65. The van der Waals surface area contributed by atoms with E-state index in [1.165, 1.54) is 12.1 Å². The van der Waals surface area contributed by atoms with Gasteiger partial charge in [-0.15, -0.1) is 0 Å². The molecule has 0 aliphatic heterocycles. The highest BCUT2D eigenvalue weighted by molar-refractivity contribution is 5.24. The Kier molecular flexibility index (Phi) is 6.06. The molecule has 0 unspecified atom stereocenters. The smallest absolute Gasteiger partial charge is 0.288 e. The van der Waals surface area contributed by atoms with Gasteiger partial charge in [0.2, 0.25) is 0 Å². The molecule has 0 atom stereocenters. The SMILES string of the molecule is CCOOOCNCc1ccc(C(F)(F)F)cc1. The summed E-state index contributed by atoms with van der Waals surface area (Å²) in [5.41, 5.74) is 0.0465. The molecule has 0 aromatic heterocycles. The summed E-state index contributed by atoms with van der Waals surface area (Å²) < 4.78 is 36.8. The first-order valence-electron chi connectivity index (χ1n) is 5.32. The maximum Gasteiger partial charge on any atom is 0.416 e. The van der Waals surface area contributed by atoms with Gasteiger partial charge in [-0.25, -0.2) is 4.89 Å². The third kappa shape index (κ3) is 5.46. The number of rotatable bonds is 7. The van der Waals surface area contributed by atoms with Crippen molar-refractivity contribution in [1.82, 2.24) is 5.32 Å². The number of halogens is 3. The van der Waals surface area contributed by atoms with E-state index >= 15 is 0 Å². The van der Waals surface area contributed by atoms with Crippen LogP contribution in [0.3, 0.4) is 0 Å². The summed E-state index contributed by atoms with van der Waals surface area (Å²) in [5.74, 6) is 0. The Morgan fingerprint density at radius 1 is 1.11 bits per heavy atom. The van der Waals surface area contributed by atoms with Crippen LogP contribution in [0.2, 0.25) is 0 Å². The Morgan fingerprint density at radius 2 is 1.78 bits per heavy atom. The maximum atomic E-state index is 12.3. The van der Waals surface area contributed by atoms with E-state index in [2.05, 4.69) is 20.1 Å². The first-order chi connectivity index (χ1) is 8.54. The van der Waals surface area contributed by atoms with Crippen LogP contribution in [-0.4, -0.2) is 13.3 Å². The van der Waals surface area contributed by atoms with Crippen LogP contribution in [0.4, 0.5) is 13.2 Å². The van der Waals surface area contributed by atoms with Crippen molar-refractivity contribution in [2.45, 2.75) is 19.6 Å². The summed E-state index contributed by atoms with van der Waals surface area (Å²) in [6.45, 7) is 2.53. The largest absolute Gasteiger partial charge is 0.416 e. The highest BCUT2D eigenvalue weighted by atomic mass is 19.4. The van der Waals surface area contributed by atoms with Gasteiger partial charge < -0.3 is 0 Å². The molecule has 0 aliphatic rings. The molecule has 0 amide bonds. The zero-order chi connectivity index (χ0) is 13.4. The van der Waals surface area contributed by atoms with E-state index < -0.39 is 11.7 Å². The van der Waals surface area contributed by atoms with E-state index in [-0.39, 0.29) is 6.73 Å². The Labute approximate surface area is 103 Å². The van der Waals surface area contributed by atoms with Crippen LogP contribution in [0.1, 0.15) is 18.1 Å². The number of hydrogen-bond acceptors (Lipinski definition) is 4. The molecule has 0 heterocycles. The minimum Gasteiger partial charge on any atom is -0.288 e. The minimum absolute atomic E-state index is 0.0705. The Hall–Kier alpha value is -1.15. The van der Waals surface area contributed by atoms with Crippen LogP contribution in [0, 0.1) is 0 Å². The molecular formula is C11H14F3NO3. The standard InChI is InChI=1S/C11H14F3NO3/c1-2-16-18-17-8-15-7-9-3-5-10(6-4-9)11(12,13)14/h3-6,15H,2,7-8H2,1H3. The molecule has 1 aromatic carbocycles. The van der Waals surface area contributed by atoms with Gasteiger partial charge in [0, 0.05) is 6.54 Å². The molecule has 7 heteroatoms. The van der Waals surface area contributed by atoms with E-state index in [1.54, 1.807) is 6.92 Å². The van der Waals surface area contributed by atoms with Crippen molar-refractivity contribution in [3.05, 3.63) is 35.4 Å². The normalized spacial score (nSPS) is 11.8. The molecule has 0 radical (unpaired) electrons. The van der Waals surface area contributed by atoms with Crippen molar-refractivity contribution in [1.29, 1.82) is 0 Å². The highest BCUT2D eigenvalue weighted by Gasteiger charge is 2.29. The number of benzene rings is 1. The summed E-state index contributed by atoms with van der Waals surface area (Å²) in [6.07, 6.45) is -4.31. The van der Waals surface area contributed by atoms with Crippen LogP contribution in [0.5, 0.6) is 0 Å². The van der Waals surface area contributed by atoms with Crippen molar-refractivity contribution < 1.29 is 28.0 Å². The highest BCUT2D eigenvalue weighted by Crippen LogP contribution is 2.28. The molecule has 102 valence electrons. The molecule has 0 aliphatic carbocycles. The molecular weight excluding hydrogens is 251 g/mol. The molecule has 0 saturated carbocycles. The van der Waals surface area contributed by atoms with Gasteiger partial charge in [-0.05, 0) is 24.6 Å². The fourth-order valence-electron chi connectivity index (χ4n) is 1.15. The lowest BCUT2D eigenvalue weighted by Gasteiger charge is -2.08. The molecule has 18 heavy (non-hydrogen) atoms. The van der Waals surface area contributed by atoms with Gasteiger partial charge in [-0.3, -0.25) is 5.32 Å². The quantitative estimate of drug-likeness (QED) is 0.356. The zero-order valence-corrected chi connectivity index (χ0v) is 9.79. The summed E-state index contributed by atoms with van der Waals surface area (Å²) in [5, 5.41) is 7.08. The summed E-state index contributed by atoms with van der Waals surface area (Å²) in [7, 11) is 0. The van der Waals surface area contributed by atoms with Crippen molar-refractivity contribution in [3.8, 4) is 0 Å². The van der Waals surface area contributed by atoms with Crippen molar-refractivity contribution in [3.63, 3.8) is 0 Å². The van der Waals surface area contributed by atoms with Crippen LogP contribution < -0.4 is 5.32 Å². The Bertz CT molecular complexity index is 340. The van der Waals surface area contributed by atoms with Gasteiger partial charge in [0.25, 0.3) is 0 Å². The summed E-state index contributed by atoms with van der Waals surface area (Å²) in [4.78, 5) is 9.01. The molecule has 0 fully saturated rings. The lowest BCUT2D eigenvalue weighted by atomic mass is 10.1. The van der Waals surface area contributed by atoms with Crippen molar-refractivity contribution in [2.75, 3.05) is 13.3 Å². The number of nitrogens with one attached hydrogen (secondary N) is 1. The topological polar surface area (TPSA) is 39.7 Å². The van der Waals surface area contributed by atoms with E-state index in [0.29, 0.717) is 18.7 Å². The van der Waals surface area contributed by atoms with Gasteiger partial charge >= 0.3 is 6.18 Å². The van der Waals surface area contributed by atoms with Gasteiger partial charge in [0.1, 0.15) is 6.73 Å². The average molecular weight is 265 g/mol. The average Bonchev–Trinajstić information content (AvgIpc) is 2.33. The molecule has 0 spiro atoms. The van der Waals surface area contributed by atoms with Crippen LogP contribution in [0.15, 0.2) is 24.3 Å². The van der Waals surface area contributed by atoms with E-state index in [4.69, 9.17) is 0 Å². The zero-order valence-electron chi connectivity index (χ0n) is 9.79. The summed E-state index contributed by atoms with van der Waals surface area (Å²) in [6, 6.07) is 4.88. The number of hydrogen-bond donors (Lipinski definition) is 1. The second-order valence-electron chi connectivity index (χ2n) is 3.36. The van der Waals surface area contributed by atoms with Gasteiger partial charge in [0.05, 0.1) is 12.2 Å². The number of alkyl halides is 3. The molecule has 1 aromatic rings. The fourth-order valence-corrected chi connectivity index (χ4v) is 1.15. The molecule has 1 rings (SSSR count). The molecule has 0 saturated heterocycles. The lowest BCUT2D eigenvalue weighted by Crippen LogP contribution is -2.17. The molecule has 1 N–H and O–H groups in total. The molecule has 0 bridgehead atoms. The second kappa shape index (κ2) is 7.32. The second-order valence-corrected chi connectivity index (χ2v) is 3.36. The maximum absolute atomic E-state index is 12.3. The third-order valence-corrected chi connectivity index (χ3v) is 1.99. The first kappa shape index (κ1) is 14.9. The fraction of sp³-hybridized carbons (Fsp3) is 0.455.